The van der Waals surface area contributed by atoms with Gasteiger partial charge < -0.3 is 17.2 Å². The minimum Gasteiger partial charge on any atom is -0.384 e. The van der Waals surface area contributed by atoms with Crippen LogP contribution in [0, 0.1) is 0 Å². The Labute approximate surface area is 148 Å². The molecule has 7 heteroatoms. The molecule has 0 fully saturated rings. The maximum atomic E-state index is 11.3. The lowest BCUT2D eigenvalue weighted by molar-refractivity contribution is 0.100. The minimum atomic E-state index is -0.464. The molecule has 2 aromatic carbocycles. The van der Waals surface area contributed by atoms with Gasteiger partial charge in [0.25, 0.3) is 0 Å². The number of hydrogen-bond donors (Lipinski definition) is 4. The van der Waals surface area contributed by atoms with Gasteiger partial charge in [-0.2, -0.15) is 5.10 Å². The molecule has 0 aliphatic rings. The van der Waals surface area contributed by atoms with Crippen LogP contribution in [0.1, 0.15) is 10.4 Å². The summed E-state index contributed by atoms with van der Waals surface area (Å²) in [5, 5.41) is 7.91. The van der Waals surface area contributed by atoms with Crippen LogP contribution < -0.4 is 17.2 Å². The van der Waals surface area contributed by atoms with Gasteiger partial charge in [0.2, 0.25) is 5.91 Å². The summed E-state index contributed by atoms with van der Waals surface area (Å²) in [6.45, 7) is 0. The zero-order valence-electron chi connectivity index (χ0n) is 13.7. The number of carbonyl (C=O) groups excluding carboxylic acids is 1. The van der Waals surface area contributed by atoms with Crippen LogP contribution in [0.4, 0.5) is 11.6 Å². The number of nitrogen functional groups attached to an aromatic ring is 2. The molecule has 7 N–H and O–H groups in total. The Bertz CT molecular complexity index is 1130. The Morgan fingerprint density at radius 3 is 2.38 bits per heavy atom. The van der Waals surface area contributed by atoms with Gasteiger partial charge in [0, 0.05) is 22.7 Å². The second-order valence-corrected chi connectivity index (χ2v) is 5.97. The van der Waals surface area contributed by atoms with Crippen molar-refractivity contribution >= 4 is 28.4 Å². The second kappa shape index (κ2) is 5.89. The van der Waals surface area contributed by atoms with Crippen LogP contribution in [0.3, 0.4) is 0 Å². The van der Waals surface area contributed by atoms with Crippen molar-refractivity contribution in [3.05, 3.63) is 60.3 Å². The van der Waals surface area contributed by atoms with E-state index in [0.717, 1.165) is 33.2 Å². The van der Waals surface area contributed by atoms with E-state index in [-0.39, 0.29) is 0 Å². The molecule has 0 unspecified atom stereocenters. The Hall–Kier alpha value is -3.87. The Morgan fingerprint density at radius 1 is 0.923 bits per heavy atom. The lowest BCUT2D eigenvalue weighted by Gasteiger charge is -2.09. The third-order valence-corrected chi connectivity index (χ3v) is 4.30. The highest BCUT2D eigenvalue weighted by atomic mass is 16.1. The molecule has 4 aromatic rings. The normalized spacial score (nSPS) is 10.9. The van der Waals surface area contributed by atoms with Crippen LogP contribution in [0.5, 0.6) is 0 Å². The lowest BCUT2D eigenvalue weighted by Crippen LogP contribution is -2.10. The van der Waals surface area contributed by atoms with Crippen LogP contribution >= 0.6 is 0 Å². The van der Waals surface area contributed by atoms with Crippen LogP contribution in [0.25, 0.3) is 33.2 Å². The van der Waals surface area contributed by atoms with Crippen LogP contribution in [-0.4, -0.2) is 21.1 Å². The maximum Gasteiger partial charge on any atom is 0.248 e. The molecule has 128 valence electrons. The molecule has 0 radical (unpaired) electrons. The molecular weight excluding hydrogens is 328 g/mol. The molecule has 0 spiro atoms. The largest absolute Gasteiger partial charge is 0.384 e. The van der Waals surface area contributed by atoms with Gasteiger partial charge in [-0.25, -0.2) is 4.98 Å². The van der Waals surface area contributed by atoms with Crippen molar-refractivity contribution in [1.82, 2.24) is 15.2 Å². The molecule has 0 atom stereocenters. The van der Waals surface area contributed by atoms with Gasteiger partial charge in [0.05, 0.1) is 5.52 Å². The van der Waals surface area contributed by atoms with Gasteiger partial charge in [0.1, 0.15) is 5.82 Å². The number of fused-ring (bicyclic) bond motifs is 1. The number of rotatable bonds is 3. The number of pyridine rings is 1. The standard InChI is InChI=1S/C19H16N6O/c20-16-9-12(5-6-23-16)13-7-14(17-15(8-13)18(21)25-24-17)10-1-3-11(4-2-10)19(22)26/h1-9H,(H2,20,23)(H2,22,26)(H3,21,24,25). The zero-order valence-corrected chi connectivity index (χ0v) is 13.7. The summed E-state index contributed by atoms with van der Waals surface area (Å²) in [5.74, 6) is 0.391. The Balaban J connectivity index is 1.94. The predicted molar refractivity (Wildman–Crippen MR) is 102 cm³/mol. The number of aromatic nitrogens is 3. The van der Waals surface area contributed by atoms with E-state index < -0.39 is 5.91 Å². The number of primary amides is 1. The number of nitrogens with two attached hydrogens (primary N) is 3. The van der Waals surface area contributed by atoms with E-state index in [1.807, 2.05) is 30.3 Å². The third kappa shape index (κ3) is 2.61. The SMILES string of the molecule is NC(=O)c1ccc(-c2cc(-c3ccnc(N)c3)cc3c(N)n[nH]c23)cc1. The third-order valence-electron chi connectivity index (χ3n) is 4.30. The van der Waals surface area contributed by atoms with E-state index in [2.05, 4.69) is 15.2 Å². The summed E-state index contributed by atoms with van der Waals surface area (Å²) in [7, 11) is 0. The van der Waals surface area contributed by atoms with Crippen molar-refractivity contribution in [3.63, 3.8) is 0 Å². The zero-order chi connectivity index (χ0) is 18.3. The van der Waals surface area contributed by atoms with Crippen molar-refractivity contribution in [3.8, 4) is 22.3 Å². The minimum absolute atomic E-state index is 0.416. The highest BCUT2D eigenvalue weighted by Gasteiger charge is 2.13. The molecule has 26 heavy (non-hydrogen) atoms. The quantitative estimate of drug-likeness (QED) is 0.452. The molecule has 7 nitrogen and oxygen atoms in total. The number of hydrogen-bond acceptors (Lipinski definition) is 5. The first-order chi connectivity index (χ1) is 12.5. The number of aromatic amines is 1. The summed E-state index contributed by atoms with van der Waals surface area (Å²) in [4.78, 5) is 15.3. The van der Waals surface area contributed by atoms with Crippen LogP contribution in [-0.2, 0) is 0 Å². The number of benzene rings is 2. The Morgan fingerprint density at radius 2 is 1.69 bits per heavy atom. The first-order valence-corrected chi connectivity index (χ1v) is 7.92. The molecule has 0 aliphatic heterocycles. The van der Waals surface area contributed by atoms with E-state index in [1.165, 1.54) is 0 Å². The van der Waals surface area contributed by atoms with Crippen molar-refractivity contribution in [2.45, 2.75) is 0 Å². The first kappa shape index (κ1) is 15.6. The number of carbonyl (C=O) groups is 1. The number of nitrogens with one attached hydrogen (secondary N) is 1. The highest BCUT2D eigenvalue weighted by molar-refractivity contribution is 6.02. The number of amides is 1. The van der Waals surface area contributed by atoms with Crippen molar-refractivity contribution in [1.29, 1.82) is 0 Å². The molecule has 0 bridgehead atoms. The van der Waals surface area contributed by atoms with Crippen LogP contribution in [0.2, 0.25) is 0 Å². The summed E-state index contributed by atoms with van der Waals surface area (Å²) in [6, 6.07) is 14.7. The highest BCUT2D eigenvalue weighted by Crippen LogP contribution is 2.35. The van der Waals surface area contributed by atoms with E-state index in [4.69, 9.17) is 17.2 Å². The average Bonchev–Trinajstić information content (AvgIpc) is 3.02. The van der Waals surface area contributed by atoms with E-state index in [0.29, 0.717) is 17.2 Å². The van der Waals surface area contributed by atoms with E-state index in [9.17, 15) is 4.79 Å². The fourth-order valence-corrected chi connectivity index (χ4v) is 2.98. The fourth-order valence-electron chi connectivity index (χ4n) is 2.98. The fraction of sp³-hybridized carbons (Fsp3) is 0. The topological polar surface area (TPSA) is 137 Å². The lowest BCUT2D eigenvalue weighted by atomic mass is 9.96. The number of nitrogens with zero attached hydrogens (tertiary/aromatic N) is 2. The molecular formula is C19H16N6O. The summed E-state index contributed by atoms with van der Waals surface area (Å²) in [5.41, 5.74) is 22.1. The second-order valence-electron chi connectivity index (χ2n) is 5.97. The Kier molecular flexibility index (Phi) is 3.54. The number of H-pyrrole nitrogens is 1. The van der Waals surface area contributed by atoms with Gasteiger partial charge >= 0.3 is 0 Å². The van der Waals surface area contributed by atoms with Gasteiger partial charge in [-0.05, 0) is 53.1 Å². The molecule has 0 aliphatic carbocycles. The molecule has 0 saturated heterocycles. The van der Waals surface area contributed by atoms with Crippen molar-refractivity contribution < 1.29 is 4.79 Å². The van der Waals surface area contributed by atoms with Gasteiger partial charge in [-0.3, -0.25) is 9.89 Å². The monoisotopic (exact) mass is 344 g/mol. The number of anilines is 2. The molecule has 1 amide bonds. The summed E-state index contributed by atoms with van der Waals surface area (Å²) < 4.78 is 0. The van der Waals surface area contributed by atoms with Crippen molar-refractivity contribution in [2.75, 3.05) is 11.5 Å². The van der Waals surface area contributed by atoms with Gasteiger partial charge in [0.15, 0.2) is 5.82 Å². The molecule has 2 heterocycles. The summed E-state index contributed by atoms with van der Waals surface area (Å²) in [6.07, 6.45) is 1.66. The average molecular weight is 344 g/mol. The summed E-state index contributed by atoms with van der Waals surface area (Å²) >= 11 is 0. The smallest absolute Gasteiger partial charge is 0.248 e. The molecule has 4 rings (SSSR count). The first-order valence-electron chi connectivity index (χ1n) is 7.92. The predicted octanol–water partition coefficient (Wildman–Crippen LogP) is 2.56. The molecule has 0 saturated carbocycles. The van der Waals surface area contributed by atoms with Crippen LogP contribution in [0.15, 0.2) is 54.7 Å². The van der Waals surface area contributed by atoms with Gasteiger partial charge in [-0.1, -0.05) is 12.1 Å². The van der Waals surface area contributed by atoms with E-state index >= 15 is 0 Å². The maximum absolute atomic E-state index is 11.3. The van der Waals surface area contributed by atoms with E-state index in [1.54, 1.807) is 24.4 Å². The molecule has 2 aromatic heterocycles. The van der Waals surface area contributed by atoms with Gasteiger partial charge in [-0.15, -0.1) is 0 Å². The van der Waals surface area contributed by atoms with Crippen molar-refractivity contribution in [2.24, 2.45) is 5.73 Å².